The van der Waals surface area contributed by atoms with Gasteiger partial charge in [0.05, 0.1) is 0 Å². The van der Waals surface area contributed by atoms with Crippen LogP contribution in [0.15, 0.2) is 206 Å². The van der Waals surface area contributed by atoms with E-state index in [1.165, 1.54) is 83.4 Å². The Labute approximate surface area is 434 Å². The number of hydrogen-bond acceptors (Lipinski definition) is 2. The molecule has 0 saturated heterocycles. The van der Waals surface area contributed by atoms with E-state index < -0.39 is 0 Å². The molecule has 9 aromatic rings. The smallest absolute Gasteiger partial charge is 0.252 e. The lowest BCUT2D eigenvalue weighted by Crippen LogP contribution is -2.61. The SMILES string of the molecule is CC(C)(C)c1ccc(N2c3ccc(C(C)(C)C)cc3B3c4cc(C(C)(C)c5ccc(-c6ccccc6)cc5)ccc4N(c4ccc(C(C)(C)c5ccc(-c6ccccc6)cc5)cc4)c4cc(Cl)cc2c43)cc1. The number of anilines is 6. The molecule has 0 atom stereocenters. The minimum atomic E-state index is -0.295. The number of hydrogen-bond donors (Lipinski definition) is 0. The molecule has 2 aliphatic heterocycles. The quantitative estimate of drug-likeness (QED) is 0.140. The molecule has 2 aliphatic rings. The van der Waals surface area contributed by atoms with E-state index in [-0.39, 0.29) is 28.4 Å². The van der Waals surface area contributed by atoms with E-state index in [0.717, 1.165) is 22.7 Å². The minimum Gasteiger partial charge on any atom is -0.311 e. The highest BCUT2D eigenvalue weighted by molar-refractivity contribution is 7.00. The zero-order valence-electron chi connectivity index (χ0n) is 43.5. The Morgan fingerprint density at radius 3 is 1.07 bits per heavy atom. The molecular formula is C68H64BClN2. The van der Waals surface area contributed by atoms with Gasteiger partial charge in [-0.2, -0.15) is 0 Å². The van der Waals surface area contributed by atoms with Gasteiger partial charge in [-0.25, -0.2) is 0 Å². The Morgan fingerprint density at radius 2 is 0.653 bits per heavy atom. The fraction of sp³-hybridized carbons (Fsp3) is 0.206. The largest absolute Gasteiger partial charge is 0.311 e. The highest BCUT2D eigenvalue weighted by Gasteiger charge is 2.45. The van der Waals surface area contributed by atoms with Gasteiger partial charge in [0.25, 0.3) is 6.71 Å². The van der Waals surface area contributed by atoms with Crippen LogP contribution in [0.2, 0.25) is 5.02 Å². The van der Waals surface area contributed by atoms with Gasteiger partial charge in [0.2, 0.25) is 0 Å². The fourth-order valence-electron chi connectivity index (χ4n) is 11.3. The van der Waals surface area contributed by atoms with Crippen molar-refractivity contribution in [2.45, 2.75) is 90.9 Å². The first kappa shape index (κ1) is 47.3. The molecule has 0 bridgehead atoms. The van der Waals surface area contributed by atoms with Gasteiger partial charge in [-0.05, 0) is 131 Å². The molecule has 72 heavy (non-hydrogen) atoms. The van der Waals surface area contributed by atoms with Crippen LogP contribution in [-0.4, -0.2) is 6.71 Å². The third kappa shape index (κ3) is 8.26. The summed E-state index contributed by atoms with van der Waals surface area (Å²) >= 11 is 7.42. The monoisotopic (exact) mass is 954 g/mol. The highest BCUT2D eigenvalue weighted by Crippen LogP contribution is 2.47. The Bertz CT molecular complexity index is 3450. The van der Waals surface area contributed by atoms with Crippen LogP contribution in [0.1, 0.15) is 103 Å². The van der Waals surface area contributed by atoms with Crippen LogP contribution in [-0.2, 0) is 21.7 Å². The lowest BCUT2D eigenvalue weighted by molar-refractivity contribution is 0.590. The highest BCUT2D eigenvalue weighted by atomic mass is 35.5. The summed E-state index contributed by atoms with van der Waals surface area (Å²) in [5.74, 6) is 0. The summed E-state index contributed by atoms with van der Waals surface area (Å²) in [4.78, 5) is 4.95. The Hall–Kier alpha value is -7.07. The van der Waals surface area contributed by atoms with Crippen molar-refractivity contribution in [3.05, 3.63) is 245 Å². The second kappa shape index (κ2) is 17.6. The summed E-state index contributed by atoms with van der Waals surface area (Å²) in [7, 11) is 0. The summed E-state index contributed by atoms with van der Waals surface area (Å²) < 4.78 is 0. The van der Waals surface area contributed by atoms with Crippen molar-refractivity contribution >= 4 is 68.8 Å². The van der Waals surface area contributed by atoms with Crippen molar-refractivity contribution in [1.29, 1.82) is 0 Å². The number of rotatable bonds is 8. The Balaban J connectivity index is 1.09. The van der Waals surface area contributed by atoms with Gasteiger partial charge in [0, 0.05) is 50.0 Å². The van der Waals surface area contributed by atoms with Gasteiger partial charge >= 0.3 is 0 Å². The summed E-state index contributed by atoms with van der Waals surface area (Å²) in [6.07, 6.45) is 0. The molecule has 0 radical (unpaired) electrons. The molecule has 356 valence electrons. The minimum absolute atomic E-state index is 0.0254. The van der Waals surface area contributed by atoms with Crippen LogP contribution in [0.5, 0.6) is 0 Å². The van der Waals surface area contributed by atoms with E-state index in [1.54, 1.807) is 0 Å². The van der Waals surface area contributed by atoms with Crippen molar-refractivity contribution in [3.63, 3.8) is 0 Å². The number of benzene rings is 9. The molecule has 0 aromatic heterocycles. The van der Waals surface area contributed by atoms with Crippen LogP contribution >= 0.6 is 11.6 Å². The molecule has 0 aliphatic carbocycles. The third-order valence-corrected chi connectivity index (χ3v) is 16.1. The molecule has 4 heteroatoms. The van der Waals surface area contributed by atoms with Crippen molar-refractivity contribution in [2.75, 3.05) is 9.80 Å². The third-order valence-electron chi connectivity index (χ3n) is 15.9. The van der Waals surface area contributed by atoms with Gasteiger partial charge in [-0.1, -0.05) is 239 Å². The van der Waals surface area contributed by atoms with E-state index in [1.807, 2.05) is 0 Å². The van der Waals surface area contributed by atoms with Gasteiger partial charge in [-0.15, -0.1) is 0 Å². The van der Waals surface area contributed by atoms with E-state index in [2.05, 4.69) is 285 Å². The van der Waals surface area contributed by atoms with Crippen LogP contribution in [0.3, 0.4) is 0 Å². The van der Waals surface area contributed by atoms with Crippen molar-refractivity contribution < 1.29 is 0 Å². The van der Waals surface area contributed by atoms with Gasteiger partial charge in [-0.3, -0.25) is 0 Å². The average Bonchev–Trinajstić information content (AvgIpc) is 3.38. The predicted octanol–water partition coefficient (Wildman–Crippen LogP) is 17.0. The molecule has 9 aromatic carbocycles. The van der Waals surface area contributed by atoms with Crippen LogP contribution in [0.25, 0.3) is 22.3 Å². The Kier molecular flexibility index (Phi) is 11.6. The maximum atomic E-state index is 7.42. The first-order chi connectivity index (χ1) is 34.4. The Morgan fingerprint density at radius 1 is 0.319 bits per heavy atom. The maximum absolute atomic E-state index is 7.42. The number of fused-ring (bicyclic) bond motifs is 4. The topological polar surface area (TPSA) is 6.48 Å². The zero-order valence-corrected chi connectivity index (χ0v) is 44.2. The molecule has 0 saturated carbocycles. The molecular weight excluding hydrogens is 891 g/mol. The van der Waals surface area contributed by atoms with E-state index in [0.29, 0.717) is 5.02 Å². The predicted molar refractivity (Wildman–Crippen MR) is 311 cm³/mol. The summed E-state index contributed by atoms with van der Waals surface area (Å²) in [5.41, 5.74) is 22.7. The molecule has 0 amide bonds. The second-order valence-corrected chi connectivity index (χ2v) is 23.7. The van der Waals surface area contributed by atoms with Gasteiger partial charge in [0.1, 0.15) is 0 Å². The van der Waals surface area contributed by atoms with Crippen molar-refractivity contribution in [3.8, 4) is 22.3 Å². The average molecular weight is 956 g/mol. The van der Waals surface area contributed by atoms with Crippen molar-refractivity contribution in [2.24, 2.45) is 0 Å². The molecule has 0 unspecified atom stereocenters. The molecule has 0 spiro atoms. The zero-order chi connectivity index (χ0) is 50.3. The fourth-order valence-corrected chi connectivity index (χ4v) is 11.5. The molecule has 0 fully saturated rings. The second-order valence-electron chi connectivity index (χ2n) is 23.2. The van der Waals surface area contributed by atoms with E-state index >= 15 is 0 Å². The van der Waals surface area contributed by atoms with Crippen molar-refractivity contribution in [1.82, 2.24) is 0 Å². The lowest BCUT2D eigenvalue weighted by Gasteiger charge is -2.45. The first-order valence-electron chi connectivity index (χ1n) is 25.6. The normalized spacial score (nSPS) is 13.4. The lowest BCUT2D eigenvalue weighted by atomic mass is 9.33. The first-order valence-corrected chi connectivity index (χ1v) is 26.0. The van der Waals surface area contributed by atoms with E-state index in [4.69, 9.17) is 11.6 Å². The molecule has 2 nitrogen and oxygen atoms in total. The summed E-state index contributed by atoms with van der Waals surface area (Å²) in [6.45, 7) is 23.2. The van der Waals surface area contributed by atoms with E-state index in [9.17, 15) is 0 Å². The van der Waals surface area contributed by atoms with Crippen LogP contribution in [0, 0.1) is 0 Å². The molecule has 0 N–H and O–H groups in total. The number of halogens is 1. The summed E-state index contributed by atoms with van der Waals surface area (Å²) in [6, 6.07) is 76.9. The molecule has 11 rings (SSSR count). The number of nitrogens with zero attached hydrogens (tertiary/aromatic N) is 2. The standard InChI is InChI=1S/C68H64BClN2/c1-65(2,3)49-29-35-56(36-30-49)71-60-39-33-53(66(4,5)6)41-58(60)69-59-42-54(68(9,10)51-27-23-48(24-28-51)46-19-15-12-16-20-46)34-40-61(59)72(63-44-55(70)43-62(71)64(63)69)57-37-31-52(32-38-57)67(7,8)50-25-21-47(22-26-50)45-17-13-11-14-18-45/h11-44H,1-10H3. The maximum Gasteiger partial charge on any atom is 0.252 e. The van der Waals surface area contributed by atoms with Crippen LogP contribution < -0.4 is 26.2 Å². The molecule has 2 heterocycles. The van der Waals surface area contributed by atoms with Crippen LogP contribution in [0.4, 0.5) is 34.1 Å². The van der Waals surface area contributed by atoms with Gasteiger partial charge < -0.3 is 9.80 Å². The van der Waals surface area contributed by atoms with Gasteiger partial charge in [0.15, 0.2) is 0 Å². The summed E-state index contributed by atoms with van der Waals surface area (Å²) in [5, 5.41) is 0.704.